The third-order valence-electron chi connectivity index (χ3n) is 2.05. The number of benzene rings is 1. The molecule has 0 aliphatic rings. The number of carbonyl (C=O) groups excluding carboxylic acids is 1. The standard InChI is InChI=1S/C10H10BrNO4/c1-6(13)10(11)8-5-7(12(14)15)3-4-9(8)16-2/h3-5,10H,1-2H3. The van der Waals surface area contributed by atoms with E-state index in [0.29, 0.717) is 11.3 Å². The quantitative estimate of drug-likeness (QED) is 0.485. The van der Waals surface area contributed by atoms with Crippen LogP contribution < -0.4 is 4.74 Å². The number of Topliss-reactive ketones (excluding diaryl/α,β-unsaturated/α-hetero) is 1. The molecule has 86 valence electrons. The molecule has 0 saturated carbocycles. The van der Waals surface area contributed by atoms with Crippen molar-refractivity contribution in [2.75, 3.05) is 7.11 Å². The number of non-ortho nitro benzene ring substituents is 1. The Morgan fingerprint density at radius 1 is 1.56 bits per heavy atom. The predicted octanol–water partition coefficient (Wildman–Crippen LogP) is 2.63. The van der Waals surface area contributed by atoms with Gasteiger partial charge in [0, 0.05) is 17.7 Å². The maximum Gasteiger partial charge on any atom is 0.270 e. The molecule has 0 saturated heterocycles. The summed E-state index contributed by atoms with van der Waals surface area (Å²) < 4.78 is 5.05. The maximum absolute atomic E-state index is 11.2. The van der Waals surface area contributed by atoms with Gasteiger partial charge < -0.3 is 4.74 Å². The van der Waals surface area contributed by atoms with Gasteiger partial charge in [0.1, 0.15) is 16.4 Å². The molecule has 0 heterocycles. The van der Waals surface area contributed by atoms with Crippen molar-refractivity contribution < 1.29 is 14.5 Å². The minimum atomic E-state index is -0.595. The van der Waals surface area contributed by atoms with Gasteiger partial charge in [-0.2, -0.15) is 0 Å². The lowest BCUT2D eigenvalue weighted by Gasteiger charge is -2.11. The van der Waals surface area contributed by atoms with Crippen LogP contribution in [0.1, 0.15) is 17.3 Å². The lowest BCUT2D eigenvalue weighted by Crippen LogP contribution is -2.04. The number of hydrogen-bond acceptors (Lipinski definition) is 4. The highest BCUT2D eigenvalue weighted by molar-refractivity contribution is 9.09. The second-order valence-electron chi connectivity index (χ2n) is 3.16. The molecule has 0 fully saturated rings. The summed E-state index contributed by atoms with van der Waals surface area (Å²) in [4.78, 5) is 20.7. The largest absolute Gasteiger partial charge is 0.496 e. The van der Waals surface area contributed by atoms with Crippen LogP contribution in [0.4, 0.5) is 5.69 Å². The van der Waals surface area contributed by atoms with E-state index in [-0.39, 0.29) is 11.5 Å². The third-order valence-corrected chi connectivity index (χ3v) is 3.19. The van der Waals surface area contributed by atoms with Crippen molar-refractivity contribution in [1.29, 1.82) is 0 Å². The Morgan fingerprint density at radius 2 is 2.19 bits per heavy atom. The van der Waals surface area contributed by atoms with Crippen molar-refractivity contribution >= 4 is 27.4 Å². The van der Waals surface area contributed by atoms with Gasteiger partial charge in [0.25, 0.3) is 5.69 Å². The second-order valence-corrected chi connectivity index (χ2v) is 4.07. The van der Waals surface area contributed by atoms with E-state index in [2.05, 4.69) is 15.9 Å². The van der Waals surface area contributed by atoms with Crippen molar-refractivity contribution in [3.05, 3.63) is 33.9 Å². The Morgan fingerprint density at radius 3 is 2.62 bits per heavy atom. The lowest BCUT2D eigenvalue weighted by molar-refractivity contribution is -0.384. The van der Waals surface area contributed by atoms with E-state index >= 15 is 0 Å². The highest BCUT2D eigenvalue weighted by atomic mass is 79.9. The fourth-order valence-corrected chi connectivity index (χ4v) is 1.61. The number of nitro groups is 1. The average molecular weight is 288 g/mol. The molecule has 0 N–H and O–H groups in total. The Balaban J connectivity index is 3.27. The highest BCUT2D eigenvalue weighted by Crippen LogP contribution is 2.34. The van der Waals surface area contributed by atoms with Crippen LogP contribution in [0.5, 0.6) is 5.75 Å². The van der Waals surface area contributed by atoms with Gasteiger partial charge in [-0.05, 0) is 13.0 Å². The summed E-state index contributed by atoms with van der Waals surface area (Å²) >= 11 is 3.17. The average Bonchev–Trinajstić information content (AvgIpc) is 2.26. The van der Waals surface area contributed by atoms with Gasteiger partial charge in [-0.25, -0.2) is 0 Å². The van der Waals surface area contributed by atoms with Crippen LogP contribution in [0.25, 0.3) is 0 Å². The zero-order chi connectivity index (χ0) is 12.3. The predicted molar refractivity (Wildman–Crippen MR) is 62.0 cm³/mol. The summed E-state index contributed by atoms with van der Waals surface area (Å²) in [7, 11) is 1.45. The zero-order valence-electron chi connectivity index (χ0n) is 8.77. The molecule has 6 heteroatoms. The zero-order valence-corrected chi connectivity index (χ0v) is 10.4. The first-order valence-electron chi connectivity index (χ1n) is 4.44. The molecular weight excluding hydrogens is 278 g/mol. The second kappa shape index (κ2) is 5.07. The van der Waals surface area contributed by atoms with Crippen LogP contribution in [0.3, 0.4) is 0 Å². The molecule has 0 amide bonds. The van der Waals surface area contributed by atoms with Crippen LogP contribution >= 0.6 is 15.9 Å². The van der Waals surface area contributed by atoms with Gasteiger partial charge in [-0.15, -0.1) is 0 Å². The summed E-state index contributed by atoms with van der Waals surface area (Å²) in [6.07, 6.45) is 0. The van der Waals surface area contributed by atoms with Gasteiger partial charge in [-0.3, -0.25) is 14.9 Å². The first-order chi connectivity index (χ1) is 7.47. The molecule has 1 rings (SSSR count). The fraction of sp³-hybridized carbons (Fsp3) is 0.300. The number of nitrogens with zero attached hydrogens (tertiary/aromatic N) is 1. The van der Waals surface area contributed by atoms with E-state index in [0.717, 1.165) is 0 Å². The Bertz CT molecular complexity index is 433. The number of nitro benzene ring substituents is 1. The van der Waals surface area contributed by atoms with E-state index in [1.54, 1.807) is 0 Å². The number of ketones is 1. The molecule has 0 aliphatic heterocycles. The molecule has 16 heavy (non-hydrogen) atoms. The van der Waals surface area contributed by atoms with Gasteiger partial charge in [0.05, 0.1) is 12.0 Å². The van der Waals surface area contributed by atoms with Crippen molar-refractivity contribution in [1.82, 2.24) is 0 Å². The number of hydrogen-bond donors (Lipinski definition) is 0. The molecule has 0 bridgehead atoms. The van der Waals surface area contributed by atoms with Crippen LogP contribution in [-0.2, 0) is 4.79 Å². The maximum atomic E-state index is 11.2. The molecule has 0 aliphatic carbocycles. The van der Waals surface area contributed by atoms with Crippen molar-refractivity contribution in [2.24, 2.45) is 0 Å². The molecule has 1 atom stereocenters. The van der Waals surface area contributed by atoms with E-state index in [4.69, 9.17) is 4.74 Å². The molecule has 1 unspecified atom stereocenters. The summed E-state index contributed by atoms with van der Waals surface area (Å²) in [6, 6.07) is 4.15. The van der Waals surface area contributed by atoms with E-state index < -0.39 is 9.75 Å². The number of carbonyl (C=O) groups is 1. The van der Waals surface area contributed by atoms with Gasteiger partial charge >= 0.3 is 0 Å². The fourth-order valence-electron chi connectivity index (χ4n) is 1.25. The minimum Gasteiger partial charge on any atom is -0.496 e. The lowest BCUT2D eigenvalue weighted by atomic mass is 10.1. The van der Waals surface area contributed by atoms with E-state index in [9.17, 15) is 14.9 Å². The normalized spacial score (nSPS) is 11.9. The van der Waals surface area contributed by atoms with Crippen molar-refractivity contribution in [3.63, 3.8) is 0 Å². The van der Waals surface area contributed by atoms with Crippen LogP contribution in [0.2, 0.25) is 0 Å². The molecule has 5 nitrogen and oxygen atoms in total. The summed E-state index contributed by atoms with van der Waals surface area (Å²) in [5.74, 6) is 0.307. The van der Waals surface area contributed by atoms with Crippen molar-refractivity contribution in [2.45, 2.75) is 11.8 Å². The van der Waals surface area contributed by atoms with Crippen LogP contribution in [0, 0.1) is 10.1 Å². The van der Waals surface area contributed by atoms with Gasteiger partial charge in [0.15, 0.2) is 0 Å². The molecule has 0 aromatic heterocycles. The monoisotopic (exact) mass is 287 g/mol. The first-order valence-corrected chi connectivity index (χ1v) is 5.35. The van der Waals surface area contributed by atoms with Gasteiger partial charge in [-0.1, -0.05) is 15.9 Å². The number of halogens is 1. The summed E-state index contributed by atoms with van der Waals surface area (Å²) in [5, 5.41) is 10.6. The van der Waals surface area contributed by atoms with E-state index in [1.807, 2.05) is 0 Å². The van der Waals surface area contributed by atoms with Gasteiger partial charge in [0.2, 0.25) is 0 Å². The number of ether oxygens (including phenoxy) is 1. The third kappa shape index (κ3) is 2.57. The minimum absolute atomic E-state index is 0.0681. The molecule has 1 aromatic rings. The van der Waals surface area contributed by atoms with E-state index in [1.165, 1.54) is 32.2 Å². The Kier molecular flexibility index (Phi) is 4.00. The van der Waals surface area contributed by atoms with Crippen molar-refractivity contribution in [3.8, 4) is 5.75 Å². The smallest absolute Gasteiger partial charge is 0.270 e. The molecule has 0 spiro atoms. The topological polar surface area (TPSA) is 69.4 Å². The Labute approximate surface area is 101 Å². The number of methoxy groups -OCH3 is 1. The first kappa shape index (κ1) is 12.6. The molecular formula is C10H10BrNO4. The van der Waals surface area contributed by atoms with Crippen LogP contribution in [-0.4, -0.2) is 17.8 Å². The summed E-state index contributed by atoms with van der Waals surface area (Å²) in [5.41, 5.74) is 0.394. The Hall–Kier alpha value is -1.43. The number of alkyl halides is 1. The summed E-state index contributed by atoms with van der Waals surface area (Å²) in [6.45, 7) is 1.40. The van der Waals surface area contributed by atoms with Crippen LogP contribution in [0.15, 0.2) is 18.2 Å². The number of rotatable bonds is 4. The molecule has 1 aromatic carbocycles. The SMILES string of the molecule is COc1ccc([N+](=O)[O-])cc1C(Br)C(C)=O. The molecule has 0 radical (unpaired) electrons. The highest BCUT2D eigenvalue weighted by Gasteiger charge is 2.20.